The molecule has 5 nitrogen and oxygen atoms in total. The van der Waals surface area contributed by atoms with Crippen LogP contribution in [0, 0.1) is 0 Å². The van der Waals surface area contributed by atoms with Crippen LogP contribution in [0.5, 0.6) is 0 Å². The van der Waals surface area contributed by atoms with E-state index in [1.54, 1.807) is 17.5 Å². The number of nitrogens with zero attached hydrogens (tertiary/aromatic N) is 3. The molecule has 4 aromatic rings. The second kappa shape index (κ2) is 7.49. The summed E-state index contributed by atoms with van der Waals surface area (Å²) in [5, 5.41) is 8.20. The highest BCUT2D eigenvalue weighted by Crippen LogP contribution is 2.21. The monoisotopic (exact) mass is 362 g/mol. The van der Waals surface area contributed by atoms with Crippen molar-refractivity contribution in [2.45, 2.75) is 13.0 Å². The van der Waals surface area contributed by atoms with Crippen LogP contribution in [-0.2, 0) is 13.0 Å². The molecule has 1 N–H and O–H groups in total. The molecular weight excluding hydrogens is 344 g/mol. The Morgan fingerprint density at radius 1 is 1.08 bits per heavy atom. The first-order valence-corrected chi connectivity index (χ1v) is 9.28. The molecule has 0 saturated heterocycles. The zero-order valence-electron chi connectivity index (χ0n) is 14.1. The van der Waals surface area contributed by atoms with Crippen LogP contribution in [-0.4, -0.2) is 27.2 Å². The number of carbonyl (C=O) groups is 1. The summed E-state index contributed by atoms with van der Waals surface area (Å²) in [6.45, 7) is 1.28. The van der Waals surface area contributed by atoms with Gasteiger partial charge < -0.3 is 5.32 Å². The number of hydrogen-bond acceptors (Lipinski definition) is 4. The van der Waals surface area contributed by atoms with Crippen LogP contribution in [0.15, 0.2) is 67.0 Å². The van der Waals surface area contributed by atoms with E-state index in [0.717, 1.165) is 22.5 Å². The van der Waals surface area contributed by atoms with E-state index in [2.05, 4.69) is 21.5 Å². The number of carbonyl (C=O) groups excluding carboxylic acids is 1. The maximum Gasteiger partial charge on any atom is 0.251 e. The first-order chi connectivity index (χ1) is 12.8. The molecule has 0 aliphatic rings. The Kier molecular flexibility index (Phi) is 4.75. The summed E-state index contributed by atoms with van der Waals surface area (Å²) in [5.41, 5.74) is 2.80. The summed E-state index contributed by atoms with van der Waals surface area (Å²) >= 11 is 1.68. The zero-order valence-corrected chi connectivity index (χ0v) is 14.9. The van der Waals surface area contributed by atoms with Crippen LogP contribution in [0.2, 0.25) is 0 Å². The molecule has 0 aliphatic carbocycles. The van der Waals surface area contributed by atoms with Gasteiger partial charge in [0.1, 0.15) is 0 Å². The van der Waals surface area contributed by atoms with E-state index in [1.807, 2.05) is 59.4 Å². The van der Waals surface area contributed by atoms with E-state index in [1.165, 1.54) is 4.70 Å². The van der Waals surface area contributed by atoms with Crippen LogP contribution in [0.3, 0.4) is 0 Å². The highest BCUT2D eigenvalue weighted by molar-refractivity contribution is 7.18. The lowest BCUT2D eigenvalue weighted by atomic mass is 10.1. The van der Waals surface area contributed by atoms with Gasteiger partial charge in [-0.25, -0.2) is 4.98 Å². The molecule has 0 aliphatic heterocycles. The molecule has 0 radical (unpaired) electrons. The van der Waals surface area contributed by atoms with Crippen molar-refractivity contribution < 1.29 is 4.79 Å². The van der Waals surface area contributed by atoms with Gasteiger partial charge in [0.15, 0.2) is 0 Å². The molecule has 4 rings (SSSR count). The van der Waals surface area contributed by atoms with Gasteiger partial charge in [-0.1, -0.05) is 24.3 Å². The molecule has 1 amide bonds. The van der Waals surface area contributed by atoms with Crippen LogP contribution >= 0.6 is 11.3 Å². The van der Waals surface area contributed by atoms with E-state index in [4.69, 9.17) is 0 Å². The van der Waals surface area contributed by atoms with Crippen LogP contribution < -0.4 is 5.32 Å². The number of benzene rings is 2. The van der Waals surface area contributed by atoms with E-state index >= 15 is 0 Å². The second-order valence-electron chi connectivity index (χ2n) is 5.98. The lowest BCUT2D eigenvalue weighted by Gasteiger charge is -2.06. The van der Waals surface area contributed by atoms with E-state index in [-0.39, 0.29) is 5.91 Å². The molecule has 6 heteroatoms. The third kappa shape index (κ3) is 3.81. The fourth-order valence-corrected chi connectivity index (χ4v) is 3.72. The van der Waals surface area contributed by atoms with Gasteiger partial charge in [-0.15, -0.1) is 11.3 Å². The van der Waals surface area contributed by atoms with E-state index in [9.17, 15) is 4.79 Å². The lowest BCUT2D eigenvalue weighted by molar-refractivity contribution is 0.0954. The number of nitrogens with one attached hydrogen (secondary N) is 1. The minimum absolute atomic E-state index is 0.0586. The number of rotatable bonds is 6. The number of amides is 1. The van der Waals surface area contributed by atoms with Crippen molar-refractivity contribution in [3.63, 3.8) is 0 Å². The largest absolute Gasteiger partial charge is 0.352 e. The predicted octanol–water partition coefficient (Wildman–Crippen LogP) is 3.51. The fourth-order valence-electron chi connectivity index (χ4n) is 2.75. The summed E-state index contributed by atoms with van der Waals surface area (Å²) in [4.78, 5) is 16.9. The van der Waals surface area contributed by atoms with Gasteiger partial charge in [0.05, 0.1) is 21.8 Å². The van der Waals surface area contributed by atoms with Crippen molar-refractivity contribution in [1.29, 1.82) is 0 Å². The normalized spacial score (nSPS) is 10.9. The van der Waals surface area contributed by atoms with Crippen LogP contribution in [0.1, 0.15) is 20.9 Å². The molecule has 130 valence electrons. The Bertz CT molecular complexity index is 973. The van der Waals surface area contributed by atoms with Gasteiger partial charge in [0.2, 0.25) is 0 Å². The maximum atomic E-state index is 12.3. The predicted molar refractivity (Wildman–Crippen MR) is 103 cm³/mol. The number of fused-ring (bicyclic) bond motifs is 1. The minimum atomic E-state index is -0.0586. The van der Waals surface area contributed by atoms with Crippen molar-refractivity contribution in [3.8, 4) is 0 Å². The number of hydrogen-bond donors (Lipinski definition) is 1. The molecule has 0 bridgehead atoms. The molecule has 0 spiro atoms. The molecule has 0 atom stereocenters. The smallest absolute Gasteiger partial charge is 0.251 e. The lowest BCUT2D eigenvalue weighted by Crippen LogP contribution is -2.25. The quantitative estimate of drug-likeness (QED) is 0.571. The first-order valence-electron chi connectivity index (χ1n) is 8.47. The van der Waals surface area contributed by atoms with Crippen LogP contribution in [0.4, 0.5) is 0 Å². The first kappa shape index (κ1) is 16.5. The Morgan fingerprint density at radius 2 is 1.92 bits per heavy atom. The average molecular weight is 362 g/mol. The summed E-state index contributed by atoms with van der Waals surface area (Å²) in [7, 11) is 0. The molecule has 2 heterocycles. The molecule has 0 fully saturated rings. The van der Waals surface area contributed by atoms with Crippen LogP contribution in [0.25, 0.3) is 10.2 Å². The molecular formula is C20H18N4OS. The van der Waals surface area contributed by atoms with Crippen molar-refractivity contribution in [2.75, 3.05) is 6.54 Å². The zero-order chi connectivity index (χ0) is 17.8. The number of para-hydroxylation sites is 1. The summed E-state index contributed by atoms with van der Waals surface area (Å²) in [6, 6.07) is 17.6. The molecule has 0 unspecified atom stereocenters. The van der Waals surface area contributed by atoms with Crippen molar-refractivity contribution in [1.82, 2.24) is 20.1 Å². The summed E-state index contributed by atoms with van der Waals surface area (Å²) < 4.78 is 3.04. The third-order valence-corrected chi connectivity index (χ3v) is 5.18. The Labute approximate surface area is 155 Å². The summed E-state index contributed by atoms with van der Waals surface area (Å²) in [5.74, 6) is -0.0586. The Morgan fingerprint density at radius 3 is 2.69 bits per heavy atom. The van der Waals surface area contributed by atoms with E-state index < -0.39 is 0 Å². The van der Waals surface area contributed by atoms with Gasteiger partial charge >= 0.3 is 0 Å². The van der Waals surface area contributed by atoms with Gasteiger partial charge in [-0.3, -0.25) is 9.48 Å². The highest BCUT2D eigenvalue weighted by Gasteiger charge is 2.07. The average Bonchev–Trinajstić information content (AvgIpc) is 3.31. The van der Waals surface area contributed by atoms with Gasteiger partial charge in [0, 0.05) is 30.9 Å². The van der Waals surface area contributed by atoms with Gasteiger partial charge in [0.25, 0.3) is 5.91 Å². The maximum absolute atomic E-state index is 12.3. The topological polar surface area (TPSA) is 59.8 Å². The third-order valence-electron chi connectivity index (χ3n) is 4.08. The number of aromatic nitrogens is 3. The van der Waals surface area contributed by atoms with Crippen molar-refractivity contribution in [3.05, 3.63) is 83.1 Å². The molecule has 2 aromatic carbocycles. The Hall–Kier alpha value is -2.99. The van der Waals surface area contributed by atoms with Crippen molar-refractivity contribution >= 4 is 27.5 Å². The standard InChI is InChI=1S/C20H18N4OS/c25-20(16-8-6-15(7-9-16)14-24-13-3-11-22-24)21-12-10-19-23-17-4-1-2-5-18(17)26-19/h1-9,11,13H,10,12,14H2,(H,21,25). The van der Waals surface area contributed by atoms with E-state index in [0.29, 0.717) is 18.7 Å². The van der Waals surface area contributed by atoms with Crippen molar-refractivity contribution in [2.24, 2.45) is 0 Å². The van der Waals surface area contributed by atoms with Gasteiger partial charge in [-0.2, -0.15) is 5.10 Å². The fraction of sp³-hybridized carbons (Fsp3) is 0.150. The Balaban J connectivity index is 1.31. The number of thiazole rings is 1. The molecule has 2 aromatic heterocycles. The highest BCUT2D eigenvalue weighted by atomic mass is 32.1. The second-order valence-corrected chi connectivity index (χ2v) is 7.10. The minimum Gasteiger partial charge on any atom is -0.352 e. The molecule has 26 heavy (non-hydrogen) atoms. The molecule has 0 saturated carbocycles. The summed E-state index contributed by atoms with van der Waals surface area (Å²) in [6.07, 6.45) is 4.42. The van der Waals surface area contributed by atoms with Gasteiger partial charge in [-0.05, 0) is 35.9 Å². The SMILES string of the molecule is O=C(NCCc1nc2ccccc2s1)c1ccc(Cn2cccn2)cc1.